The first kappa shape index (κ1) is 4.76. The Hall–Kier alpha value is -1.39. The fourth-order valence-electron chi connectivity index (χ4n) is 0.340. The Labute approximate surface area is 44.9 Å². The Morgan fingerprint density at radius 2 is 2.38 bits per heavy atom. The van der Waals surface area contributed by atoms with Gasteiger partial charge in [-0.25, -0.2) is 0 Å². The summed E-state index contributed by atoms with van der Waals surface area (Å²) in [4.78, 5) is 0.398. The lowest BCUT2D eigenvalue weighted by atomic mass is 10.6. The van der Waals surface area contributed by atoms with Crippen molar-refractivity contribution in [2.24, 2.45) is 0 Å². The molecule has 0 saturated carbocycles. The van der Waals surface area contributed by atoms with Crippen molar-refractivity contribution < 1.29 is 10.3 Å². The van der Waals surface area contributed by atoms with E-state index >= 15 is 0 Å². The molecule has 1 rings (SSSR count). The lowest BCUT2D eigenvalue weighted by molar-refractivity contribution is 0.154. The minimum absolute atomic E-state index is 0.148. The second-order valence-electron chi connectivity index (χ2n) is 1.30. The van der Waals surface area contributed by atoms with Gasteiger partial charge in [0.1, 0.15) is 0 Å². The molecule has 0 aliphatic carbocycles. The summed E-state index contributed by atoms with van der Waals surface area (Å²) in [6.45, 7) is 0. The first-order valence-electron chi connectivity index (χ1n) is 1.93. The molecule has 0 aromatic carbocycles. The monoisotopic (exact) mass is 115 g/mol. The van der Waals surface area contributed by atoms with Crippen molar-refractivity contribution in [1.29, 1.82) is 0 Å². The maximum atomic E-state index is 8.57. The van der Waals surface area contributed by atoms with E-state index in [0.29, 0.717) is 4.85 Å². The number of aromatic nitrogens is 2. The van der Waals surface area contributed by atoms with E-state index in [1.54, 1.807) is 0 Å². The molecule has 0 aliphatic rings. The number of anilines is 1. The van der Waals surface area contributed by atoms with Gasteiger partial charge in [-0.1, -0.05) is 4.85 Å². The first-order chi connectivity index (χ1) is 3.72. The highest BCUT2D eigenvalue weighted by Gasteiger charge is 2.00. The van der Waals surface area contributed by atoms with E-state index in [2.05, 4.69) is 5.10 Å². The molecule has 44 valence electrons. The van der Waals surface area contributed by atoms with E-state index in [1.807, 2.05) is 0 Å². The summed E-state index contributed by atoms with van der Waals surface area (Å²) in [5, 5.41) is 20.2. The van der Waals surface area contributed by atoms with Gasteiger partial charge in [0, 0.05) is 0 Å². The van der Waals surface area contributed by atoms with E-state index in [-0.39, 0.29) is 11.6 Å². The first-order valence-corrected chi connectivity index (χ1v) is 1.93. The average molecular weight is 115 g/mol. The van der Waals surface area contributed by atoms with Crippen molar-refractivity contribution in [2.75, 3.05) is 5.73 Å². The standard InChI is InChI=1S/C3H5N3O2/c4-3-2(7)1-5-6(3)8/h1,7-8H,4H2. The van der Waals surface area contributed by atoms with Gasteiger partial charge in [0.15, 0.2) is 5.75 Å². The van der Waals surface area contributed by atoms with Gasteiger partial charge in [0.25, 0.3) is 0 Å². The Balaban J connectivity index is 3.19. The van der Waals surface area contributed by atoms with Gasteiger partial charge in [0.2, 0.25) is 5.82 Å². The van der Waals surface area contributed by atoms with E-state index < -0.39 is 0 Å². The molecule has 5 nitrogen and oxygen atoms in total. The molecular weight excluding hydrogens is 110 g/mol. The van der Waals surface area contributed by atoms with Crippen LogP contribution in [-0.4, -0.2) is 20.3 Å². The van der Waals surface area contributed by atoms with Crippen molar-refractivity contribution in [1.82, 2.24) is 9.94 Å². The number of hydrogen-bond donors (Lipinski definition) is 3. The van der Waals surface area contributed by atoms with Crippen molar-refractivity contribution in [3.8, 4) is 5.75 Å². The number of nitrogens with two attached hydrogens (primary N) is 1. The third-order valence-electron chi connectivity index (χ3n) is 0.767. The van der Waals surface area contributed by atoms with Crippen molar-refractivity contribution in [3.05, 3.63) is 6.20 Å². The van der Waals surface area contributed by atoms with Crippen molar-refractivity contribution >= 4 is 5.82 Å². The number of aromatic hydroxyl groups is 1. The zero-order chi connectivity index (χ0) is 6.15. The zero-order valence-electron chi connectivity index (χ0n) is 3.94. The van der Waals surface area contributed by atoms with Gasteiger partial charge in [-0.05, 0) is 0 Å². The van der Waals surface area contributed by atoms with Gasteiger partial charge in [0.05, 0.1) is 6.20 Å². The normalized spacial score (nSPS) is 9.50. The maximum Gasteiger partial charge on any atom is 0.205 e. The largest absolute Gasteiger partial charge is 0.503 e. The summed E-state index contributed by atoms with van der Waals surface area (Å²) < 4.78 is 0. The van der Waals surface area contributed by atoms with Gasteiger partial charge in [-0.15, -0.1) is 5.10 Å². The average Bonchev–Trinajstić information content (AvgIpc) is 1.98. The van der Waals surface area contributed by atoms with E-state index in [0.717, 1.165) is 6.20 Å². The van der Waals surface area contributed by atoms with Crippen LogP contribution in [0.3, 0.4) is 0 Å². The molecule has 0 radical (unpaired) electrons. The third kappa shape index (κ3) is 0.446. The van der Waals surface area contributed by atoms with Crippen LogP contribution in [0.1, 0.15) is 0 Å². The highest BCUT2D eigenvalue weighted by Crippen LogP contribution is 2.14. The van der Waals surface area contributed by atoms with Gasteiger partial charge in [-0.3, -0.25) is 0 Å². The minimum Gasteiger partial charge on any atom is -0.503 e. The predicted octanol–water partition coefficient (Wildman–Crippen LogP) is -0.592. The molecule has 0 unspecified atom stereocenters. The summed E-state index contributed by atoms with van der Waals surface area (Å²) >= 11 is 0. The Bertz CT molecular complexity index is 175. The Morgan fingerprint density at radius 3 is 2.50 bits per heavy atom. The molecule has 4 N–H and O–H groups in total. The van der Waals surface area contributed by atoms with Crippen LogP contribution >= 0.6 is 0 Å². The maximum absolute atomic E-state index is 8.57. The topological polar surface area (TPSA) is 84.3 Å². The van der Waals surface area contributed by atoms with Crippen LogP contribution in [0.2, 0.25) is 0 Å². The van der Waals surface area contributed by atoms with Crippen molar-refractivity contribution in [3.63, 3.8) is 0 Å². The lowest BCUT2D eigenvalue weighted by Gasteiger charge is -1.88. The second-order valence-corrected chi connectivity index (χ2v) is 1.30. The van der Waals surface area contributed by atoms with Gasteiger partial charge >= 0.3 is 0 Å². The summed E-state index contributed by atoms with van der Waals surface area (Å²) in [5.74, 6) is -0.363. The molecule has 8 heavy (non-hydrogen) atoms. The smallest absolute Gasteiger partial charge is 0.205 e. The van der Waals surface area contributed by atoms with Crippen LogP contribution in [0, 0.1) is 0 Å². The highest BCUT2D eigenvalue weighted by atomic mass is 16.5. The Kier molecular flexibility index (Phi) is 0.768. The molecule has 0 atom stereocenters. The summed E-state index contributed by atoms with van der Waals surface area (Å²) in [6, 6.07) is 0. The highest BCUT2D eigenvalue weighted by molar-refractivity contribution is 5.42. The van der Waals surface area contributed by atoms with Gasteiger partial charge < -0.3 is 16.0 Å². The molecule has 0 aliphatic heterocycles. The van der Waals surface area contributed by atoms with E-state index in [9.17, 15) is 0 Å². The number of nitrogen functional groups attached to an aromatic ring is 1. The molecule has 1 aromatic rings. The molecule has 1 heterocycles. The van der Waals surface area contributed by atoms with Crippen molar-refractivity contribution in [2.45, 2.75) is 0 Å². The van der Waals surface area contributed by atoms with Crippen LogP contribution in [0.5, 0.6) is 5.75 Å². The second kappa shape index (κ2) is 1.29. The molecule has 0 spiro atoms. The summed E-state index contributed by atoms with van der Waals surface area (Å²) in [7, 11) is 0. The minimum atomic E-state index is -0.215. The number of rotatable bonds is 0. The van der Waals surface area contributed by atoms with E-state index in [1.165, 1.54) is 0 Å². The van der Waals surface area contributed by atoms with Crippen LogP contribution in [0.25, 0.3) is 0 Å². The molecular formula is C3H5N3O2. The fourth-order valence-corrected chi connectivity index (χ4v) is 0.340. The SMILES string of the molecule is Nc1c(O)cnn1O. The summed E-state index contributed by atoms with van der Waals surface area (Å²) in [6.07, 6.45) is 1.05. The number of hydrogen-bond acceptors (Lipinski definition) is 4. The van der Waals surface area contributed by atoms with Crippen LogP contribution in [-0.2, 0) is 0 Å². The Morgan fingerprint density at radius 1 is 1.75 bits per heavy atom. The van der Waals surface area contributed by atoms with Crippen LogP contribution in [0.15, 0.2) is 6.20 Å². The molecule has 1 aromatic heterocycles. The molecule has 0 saturated heterocycles. The van der Waals surface area contributed by atoms with Crippen LogP contribution in [0.4, 0.5) is 5.82 Å². The molecule has 0 amide bonds. The molecule has 0 fully saturated rings. The quantitative estimate of drug-likeness (QED) is 0.394. The third-order valence-corrected chi connectivity index (χ3v) is 0.767. The summed E-state index contributed by atoms with van der Waals surface area (Å²) in [5.41, 5.74) is 5.00. The van der Waals surface area contributed by atoms with E-state index in [4.69, 9.17) is 16.0 Å². The fraction of sp³-hybridized carbons (Fsp3) is 0. The molecule has 0 bridgehead atoms. The zero-order valence-corrected chi connectivity index (χ0v) is 3.94. The number of nitrogens with zero attached hydrogens (tertiary/aromatic N) is 2. The predicted molar refractivity (Wildman–Crippen MR) is 25.5 cm³/mol. The lowest BCUT2D eigenvalue weighted by Crippen LogP contribution is -1.98. The molecule has 5 heteroatoms. The van der Waals surface area contributed by atoms with Crippen LogP contribution < -0.4 is 5.73 Å². The van der Waals surface area contributed by atoms with Gasteiger partial charge in [-0.2, -0.15) is 0 Å².